The first-order valence-corrected chi connectivity index (χ1v) is 9.89. The molecule has 0 N–H and O–H groups in total. The van der Waals surface area contributed by atoms with Gasteiger partial charge in [-0.25, -0.2) is 0 Å². The number of benzene rings is 3. The number of nitrogens with zero attached hydrogens (tertiary/aromatic N) is 1. The largest absolute Gasteiger partial charge is 0.497 e. The molecule has 0 spiro atoms. The Morgan fingerprint density at radius 3 is 2.30 bits per heavy atom. The number of hydrogen-bond donors (Lipinski definition) is 0. The highest BCUT2D eigenvalue weighted by atomic mass is 16.5. The van der Waals surface area contributed by atoms with Gasteiger partial charge in [0.2, 0.25) is 0 Å². The van der Waals surface area contributed by atoms with Gasteiger partial charge in [0, 0.05) is 12.1 Å². The van der Waals surface area contributed by atoms with Crippen LogP contribution >= 0.6 is 0 Å². The SMILES string of the molecule is COc1ccc(C(=CC=O)c2cc(-c3ccccc3)ccc2OCCN(C)C)cc1. The van der Waals surface area contributed by atoms with E-state index in [0.717, 1.165) is 52.2 Å². The van der Waals surface area contributed by atoms with Crippen LogP contribution in [-0.2, 0) is 4.79 Å². The van der Waals surface area contributed by atoms with E-state index in [9.17, 15) is 4.79 Å². The molecule has 0 heterocycles. The van der Waals surface area contributed by atoms with Crippen molar-refractivity contribution in [2.75, 3.05) is 34.4 Å². The van der Waals surface area contributed by atoms with Crippen LogP contribution in [0, 0.1) is 0 Å². The number of carbonyl (C=O) groups is 1. The normalized spacial score (nSPS) is 11.4. The van der Waals surface area contributed by atoms with Gasteiger partial charge < -0.3 is 14.4 Å². The second-order valence-electron chi connectivity index (χ2n) is 7.17. The molecular weight excluding hydrogens is 374 g/mol. The molecule has 4 heteroatoms. The summed E-state index contributed by atoms with van der Waals surface area (Å²) in [7, 11) is 5.66. The fourth-order valence-electron chi connectivity index (χ4n) is 3.19. The minimum absolute atomic E-state index is 0.557. The molecule has 0 saturated heterocycles. The fraction of sp³-hybridized carbons (Fsp3) is 0.192. The van der Waals surface area contributed by atoms with E-state index in [2.05, 4.69) is 29.2 Å². The van der Waals surface area contributed by atoms with Crippen molar-refractivity contribution >= 4 is 11.9 Å². The minimum atomic E-state index is 0.557. The highest BCUT2D eigenvalue weighted by Gasteiger charge is 2.14. The molecule has 30 heavy (non-hydrogen) atoms. The third-order valence-corrected chi connectivity index (χ3v) is 4.81. The van der Waals surface area contributed by atoms with Crippen LogP contribution in [0.25, 0.3) is 16.7 Å². The van der Waals surface area contributed by atoms with Crippen LogP contribution in [0.5, 0.6) is 11.5 Å². The van der Waals surface area contributed by atoms with Crippen molar-refractivity contribution in [1.29, 1.82) is 0 Å². The van der Waals surface area contributed by atoms with Crippen molar-refractivity contribution in [2.24, 2.45) is 0 Å². The number of likely N-dealkylation sites (N-methyl/N-ethyl adjacent to an activating group) is 1. The molecule has 0 aliphatic carbocycles. The molecule has 0 bridgehead atoms. The maximum absolute atomic E-state index is 11.5. The van der Waals surface area contributed by atoms with Crippen LogP contribution < -0.4 is 9.47 Å². The van der Waals surface area contributed by atoms with Crippen molar-refractivity contribution in [3.8, 4) is 22.6 Å². The van der Waals surface area contributed by atoms with Gasteiger partial charge in [-0.15, -0.1) is 0 Å². The van der Waals surface area contributed by atoms with Gasteiger partial charge in [0.05, 0.1) is 7.11 Å². The number of rotatable bonds is 9. The van der Waals surface area contributed by atoms with E-state index < -0.39 is 0 Å². The number of allylic oxidation sites excluding steroid dienone is 1. The quantitative estimate of drug-likeness (QED) is 0.376. The molecule has 0 unspecified atom stereocenters. The van der Waals surface area contributed by atoms with Gasteiger partial charge in [0.1, 0.15) is 24.4 Å². The first kappa shape index (κ1) is 21.3. The summed E-state index contributed by atoms with van der Waals surface area (Å²) < 4.78 is 11.4. The summed E-state index contributed by atoms with van der Waals surface area (Å²) in [4.78, 5) is 13.6. The number of methoxy groups -OCH3 is 1. The lowest BCUT2D eigenvalue weighted by molar-refractivity contribution is -0.104. The molecular formula is C26H27NO3. The van der Waals surface area contributed by atoms with E-state index >= 15 is 0 Å². The molecule has 0 atom stereocenters. The smallest absolute Gasteiger partial charge is 0.143 e. The van der Waals surface area contributed by atoms with Gasteiger partial charge >= 0.3 is 0 Å². The van der Waals surface area contributed by atoms with Gasteiger partial charge in [-0.2, -0.15) is 0 Å². The number of carbonyl (C=O) groups excluding carboxylic acids is 1. The number of aldehydes is 1. The van der Waals surface area contributed by atoms with E-state index in [-0.39, 0.29) is 0 Å². The Morgan fingerprint density at radius 2 is 1.67 bits per heavy atom. The maximum atomic E-state index is 11.5. The van der Waals surface area contributed by atoms with Crippen LogP contribution in [0.15, 0.2) is 78.9 Å². The Balaban J connectivity index is 2.07. The lowest BCUT2D eigenvalue weighted by Gasteiger charge is -2.17. The summed E-state index contributed by atoms with van der Waals surface area (Å²) in [5.74, 6) is 1.52. The number of ether oxygens (including phenoxy) is 2. The van der Waals surface area contributed by atoms with Crippen LogP contribution in [0.1, 0.15) is 11.1 Å². The summed E-state index contributed by atoms with van der Waals surface area (Å²) in [6.07, 6.45) is 2.41. The topological polar surface area (TPSA) is 38.8 Å². The third kappa shape index (κ3) is 5.37. The molecule has 154 valence electrons. The van der Waals surface area contributed by atoms with Gasteiger partial charge in [0.25, 0.3) is 0 Å². The summed E-state index contributed by atoms with van der Waals surface area (Å²) in [5, 5.41) is 0. The zero-order valence-corrected chi connectivity index (χ0v) is 17.7. The van der Waals surface area contributed by atoms with E-state index in [1.165, 1.54) is 0 Å². The summed E-state index contributed by atoms with van der Waals surface area (Å²) in [6, 6.07) is 24.0. The summed E-state index contributed by atoms with van der Waals surface area (Å²) in [6.45, 7) is 1.36. The highest BCUT2D eigenvalue weighted by Crippen LogP contribution is 2.35. The molecule has 0 aliphatic rings. The van der Waals surface area contributed by atoms with E-state index in [0.29, 0.717) is 6.61 Å². The zero-order chi connectivity index (χ0) is 21.3. The van der Waals surface area contributed by atoms with Crippen molar-refractivity contribution < 1.29 is 14.3 Å². The summed E-state index contributed by atoms with van der Waals surface area (Å²) >= 11 is 0. The van der Waals surface area contributed by atoms with Crippen LogP contribution in [-0.4, -0.2) is 45.5 Å². The van der Waals surface area contributed by atoms with Crippen molar-refractivity contribution in [3.05, 3.63) is 90.0 Å². The second kappa shape index (κ2) is 10.4. The zero-order valence-electron chi connectivity index (χ0n) is 17.7. The third-order valence-electron chi connectivity index (χ3n) is 4.81. The first-order chi connectivity index (χ1) is 14.6. The Kier molecular flexibility index (Phi) is 7.41. The minimum Gasteiger partial charge on any atom is -0.497 e. The van der Waals surface area contributed by atoms with Gasteiger partial charge in [-0.1, -0.05) is 48.5 Å². The van der Waals surface area contributed by atoms with Crippen molar-refractivity contribution in [2.45, 2.75) is 0 Å². The standard InChI is InChI=1S/C26H27NO3/c1-27(2)16-18-30-26-14-11-22(20-7-5-4-6-8-20)19-25(26)24(15-17-28)21-9-12-23(29-3)13-10-21/h4-15,17,19H,16,18H2,1-3H3. The van der Waals surface area contributed by atoms with E-state index in [4.69, 9.17) is 9.47 Å². The Bertz CT molecular complexity index is 993. The van der Waals surface area contributed by atoms with Crippen molar-refractivity contribution in [1.82, 2.24) is 4.90 Å². The molecule has 3 aromatic carbocycles. The Hall–Kier alpha value is -3.37. The Labute approximate surface area is 178 Å². The first-order valence-electron chi connectivity index (χ1n) is 9.89. The van der Waals surface area contributed by atoms with Gasteiger partial charge in [-0.05, 0) is 66.7 Å². The Morgan fingerprint density at radius 1 is 0.933 bits per heavy atom. The van der Waals surface area contributed by atoms with Crippen molar-refractivity contribution in [3.63, 3.8) is 0 Å². The predicted molar refractivity (Wildman–Crippen MR) is 122 cm³/mol. The van der Waals surface area contributed by atoms with Gasteiger partial charge in [-0.3, -0.25) is 4.79 Å². The second-order valence-corrected chi connectivity index (χ2v) is 7.17. The molecule has 0 saturated carbocycles. The predicted octanol–water partition coefficient (Wildman–Crippen LogP) is 4.93. The molecule has 0 aromatic heterocycles. The average molecular weight is 402 g/mol. The van der Waals surface area contributed by atoms with Crippen LogP contribution in [0.3, 0.4) is 0 Å². The average Bonchev–Trinajstić information content (AvgIpc) is 2.78. The monoisotopic (exact) mass is 401 g/mol. The molecule has 0 radical (unpaired) electrons. The molecule has 0 fully saturated rings. The van der Waals surface area contributed by atoms with E-state index in [1.807, 2.05) is 62.6 Å². The fourth-order valence-corrected chi connectivity index (χ4v) is 3.19. The van der Waals surface area contributed by atoms with Crippen LogP contribution in [0.2, 0.25) is 0 Å². The van der Waals surface area contributed by atoms with Gasteiger partial charge in [0.15, 0.2) is 0 Å². The molecule has 0 aliphatic heterocycles. The lowest BCUT2D eigenvalue weighted by atomic mass is 9.93. The molecule has 0 amide bonds. The molecule has 3 rings (SSSR count). The molecule has 4 nitrogen and oxygen atoms in total. The highest BCUT2D eigenvalue weighted by molar-refractivity contribution is 5.92. The summed E-state index contributed by atoms with van der Waals surface area (Å²) in [5.41, 5.74) is 4.79. The number of hydrogen-bond acceptors (Lipinski definition) is 4. The van der Waals surface area contributed by atoms with Crippen LogP contribution in [0.4, 0.5) is 0 Å². The molecule has 3 aromatic rings. The lowest BCUT2D eigenvalue weighted by Crippen LogP contribution is -2.19. The maximum Gasteiger partial charge on any atom is 0.143 e. The van der Waals surface area contributed by atoms with E-state index in [1.54, 1.807) is 13.2 Å².